The second kappa shape index (κ2) is 5.64. The van der Waals surface area contributed by atoms with Gasteiger partial charge in [-0.1, -0.05) is 20.3 Å². The second-order valence-electron chi connectivity index (χ2n) is 6.23. The molecule has 116 valence electrons. The van der Waals surface area contributed by atoms with Gasteiger partial charge in [0, 0.05) is 6.04 Å². The highest BCUT2D eigenvalue weighted by molar-refractivity contribution is 7.91. The number of sulfone groups is 1. The SMILES string of the molecule is CCCC1NC(C)(CC)C(=O)N1C1CCS(=O)(=O)CC1. The number of nitrogens with zero attached hydrogens (tertiary/aromatic N) is 1. The molecule has 2 fully saturated rings. The van der Waals surface area contributed by atoms with Gasteiger partial charge in [0.25, 0.3) is 0 Å². The number of hydrogen-bond donors (Lipinski definition) is 1. The zero-order valence-corrected chi connectivity index (χ0v) is 13.5. The van der Waals surface area contributed by atoms with Crippen LogP contribution in [0.4, 0.5) is 0 Å². The van der Waals surface area contributed by atoms with Crippen molar-refractivity contribution in [3.8, 4) is 0 Å². The molecule has 0 aromatic carbocycles. The van der Waals surface area contributed by atoms with Crippen LogP contribution < -0.4 is 5.32 Å². The third-order valence-corrected chi connectivity index (χ3v) is 6.43. The lowest BCUT2D eigenvalue weighted by atomic mass is 9.98. The average molecular weight is 302 g/mol. The lowest BCUT2D eigenvalue weighted by molar-refractivity contribution is -0.135. The topological polar surface area (TPSA) is 66.5 Å². The highest BCUT2D eigenvalue weighted by Crippen LogP contribution is 2.31. The third kappa shape index (κ3) is 2.86. The number of hydrogen-bond acceptors (Lipinski definition) is 4. The van der Waals surface area contributed by atoms with Crippen molar-refractivity contribution in [1.82, 2.24) is 10.2 Å². The molecule has 0 aromatic rings. The van der Waals surface area contributed by atoms with Crippen molar-refractivity contribution in [3.63, 3.8) is 0 Å². The van der Waals surface area contributed by atoms with E-state index in [0.717, 1.165) is 19.3 Å². The molecular weight excluding hydrogens is 276 g/mol. The Morgan fingerprint density at radius 1 is 1.30 bits per heavy atom. The van der Waals surface area contributed by atoms with E-state index in [-0.39, 0.29) is 29.6 Å². The van der Waals surface area contributed by atoms with E-state index < -0.39 is 15.4 Å². The first-order valence-electron chi connectivity index (χ1n) is 7.64. The van der Waals surface area contributed by atoms with E-state index in [4.69, 9.17) is 0 Å². The molecule has 5 nitrogen and oxygen atoms in total. The van der Waals surface area contributed by atoms with Crippen molar-refractivity contribution in [2.75, 3.05) is 11.5 Å². The first-order chi connectivity index (χ1) is 9.33. The first kappa shape index (κ1) is 15.8. The van der Waals surface area contributed by atoms with Crippen LogP contribution in [0.25, 0.3) is 0 Å². The number of amides is 1. The molecule has 2 aliphatic heterocycles. The monoisotopic (exact) mass is 302 g/mol. The summed E-state index contributed by atoms with van der Waals surface area (Å²) in [6.45, 7) is 6.08. The Morgan fingerprint density at radius 2 is 1.90 bits per heavy atom. The quantitative estimate of drug-likeness (QED) is 0.850. The normalized spacial score (nSPS) is 34.6. The molecule has 0 radical (unpaired) electrons. The summed E-state index contributed by atoms with van der Waals surface area (Å²) >= 11 is 0. The fraction of sp³-hybridized carbons (Fsp3) is 0.929. The van der Waals surface area contributed by atoms with Crippen molar-refractivity contribution >= 4 is 15.7 Å². The van der Waals surface area contributed by atoms with Crippen LogP contribution in [0.5, 0.6) is 0 Å². The molecule has 6 heteroatoms. The van der Waals surface area contributed by atoms with Gasteiger partial charge in [-0.05, 0) is 32.6 Å². The molecule has 0 aromatic heterocycles. The Balaban J connectivity index is 2.17. The molecule has 0 bridgehead atoms. The molecule has 0 aliphatic carbocycles. The number of carbonyl (C=O) groups is 1. The summed E-state index contributed by atoms with van der Waals surface area (Å²) in [5, 5.41) is 3.46. The molecule has 1 amide bonds. The van der Waals surface area contributed by atoms with Crippen LogP contribution in [0.15, 0.2) is 0 Å². The van der Waals surface area contributed by atoms with Crippen molar-refractivity contribution < 1.29 is 13.2 Å². The van der Waals surface area contributed by atoms with Gasteiger partial charge in [-0.3, -0.25) is 10.1 Å². The van der Waals surface area contributed by atoms with E-state index in [0.29, 0.717) is 12.8 Å². The highest BCUT2D eigenvalue weighted by Gasteiger charge is 2.49. The highest BCUT2D eigenvalue weighted by atomic mass is 32.2. The summed E-state index contributed by atoms with van der Waals surface area (Å²) in [7, 11) is -2.89. The molecule has 2 aliphatic rings. The molecule has 2 heterocycles. The van der Waals surface area contributed by atoms with E-state index in [1.807, 2.05) is 18.7 Å². The Labute approximate surface area is 122 Å². The van der Waals surface area contributed by atoms with Gasteiger partial charge < -0.3 is 4.90 Å². The standard InChI is InChI=1S/C14H26N2O3S/c1-4-6-12-15-14(3,5-2)13(17)16(12)11-7-9-20(18,19)10-8-11/h11-12,15H,4-10H2,1-3H3. The fourth-order valence-electron chi connectivity index (χ4n) is 3.24. The largest absolute Gasteiger partial charge is 0.323 e. The molecule has 2 atom stereocenters. The van der Waals surface area contributed by atoms with Crippen LogP contribution >= 0.6 is 0 Å². The van der Waals surface area contributed by atoms with Crippen molar-refractivity contribution in [2.24, 2.45) is 0 Å². The lowest BCUT2D eigenvalue weighted by Crippen LogP contribution is -2.48. The first-order valence-corrected chi connectivity index (χ1v) is 9.46. The molecule has 20 heavy (non-hydrogen) atoms. The van der Waals surface area contributed by atoms with Gasteiger partial charge in [-0.15, -0.1) is 0 Å². The molecular formula is C14H26N2O3S. The molecule has 0 saturated carbocycles. The molecule has 2 unspecified atom stereocenters. The Hall–Kier alpha value is -0.620. The van der Waals surface area contributed by atoms with Crippen LogP contribution in [-0.2, 0) is 14.6 Å². The summed E-state index contributed by atoms with van der Waals surface area (Å²) in [6, 6.07) is 0.0726. The van der Waals surface area contributed by atoms with Gasteiger partial charge in [0.1, 0.15) is 9.84 Å². The van der Waals surface area contributed by atoms with Crippen molar-refractivity contribution in [1.29, 1.82) is 0 Å². The summed E-state index contributed by atoms with van der Waals surface area (Å²) < 4.78 is 23.1. The van der Waals surface area contributed by atoms with E-state index >= 15 is 0 Å². The summed E-state index contributed by atoms with van der Waals surface area (Å²) in [6.07, 6.45) is 3.90. The van der Waals surface area contributed by atoms with Gasteiger partial charge in [0.15, 0.2) is 0 Å². The van der Waals surface area contributed by atoms with Gasteiger partial charge >= 0.3 is 0 Å². The third-order valence-electron chi connectivity index (χ3n) is 4.71. The smallest absolute Gasteiger partial charge is 0.244 e. The molecule has 0 spiro atoms. The predicted molar refractivity (Wildman–Crippen MR) is 79.0 cm³/mol. The van der Waals surface area contributed by atoms with Crippen molar-refractivity contribution in [2.45, 2.75) is 70.6 Å². The second-order valence-corrected chi connectivity index (χ2v) is 8.53. The number of carbonyl (C=O) groups excluding carboxylic acids is 1. The number of rotatable bonds is 4. The zero-order chi connectivity index (χ0) is 15.0. The zero-order valence-electron chi connectivity index (χ0n) is 12.7. The lowest BCUT2D eigenvalue weighted by Gasteiger charge is -2.35. The maximum atomic E-state index is 12.7. The van der Waals surface area contributed by atoms with Gasteiger partial charge in [0.2, 0.25) is 5.91 Å². The molecule has 1 N–H and O–H groups in total. The average Bonchev–Trinajstić information content (AvgIpc) is 2.64. The minimum Gasteiger partial charge on any atom is -0.323 e. The van der Waals surface area contributed by atoms with Gasteiger partial charge in [-0.25, -0.2) is 8.42 Å². The van der Waals surface area contributed by atoms with Crippen molar-refractivity contribution in [3.05, 3.63) is 0 Å². The Kier molecular flexibility index (Phi) is 4.44. The Bertz CT molecular complexity index is 463. The fourth-order valence-corrected chi connectivity index (χ4v) is 4.71. The maximum absolute atomic E-state index is 12.7. The molecule has 2 saturated heterocycles. The summed E-state index contributed by atoms with van der Waals surface area (Å²) in [4.78, 5) is 14.7. The summed E-state index contributed by atoms with van der Waals surface area (Å²) in [5.74, 6) is 0.564. The van der Waals surface area contributed by atoms with Gasteiger partial charge in [0.05, 0.1) is 23.2 Å². The van der Waals surface area contributed by atoms with E-state index in [2.05, 4.69) is 12.2 Å². The summed E-state index contributed by atoms with van der Waals surface area (Å²) in [5.41, 5.74) is -0.490. The molecule has 2 rings (SSSR count). The van der Waals surface area contributed by atoms with Crippen LogP contribution in [-0.4, -0.2) is 48.5 Å². The Morgan fingerprint density at radius 3 is 2.40 bits per heavy atom. The maximum Gasteiger partial charge on any atom is 0.244 e. The van der Waals surface area contributed by atoms with E-state index in [9.17, 15) is 13.2 Å². The predicted octanol–water partition coefficient (Wildman–Crippen LogP) is 1.29. The van der Waals surface area contributed by atoms with Crippen LogP contribution in [0.3, 0.4) is 0 Å². The van der Waals surface area contributed by atoms with E-state index in [1.165, 1.54) is 0 Å². The number of nitrogens with one attached hydrogen (secondary N) is 1. The van der Waals surface area contributed by atoms with Crippen LogP contribution in [0.1, 0.15) is 52.9 Å². The van der Waals surface area contributed by atoms with E-state index in [1.54, 1.807) is 0 Å². The van der Waals surface area contributed by atoms with Crippen LogP contribution in [0, 0.1) is 0 Å². The minimum atomic E-state index is -2.89. The minimum absolute atomic E-state index is 0.0586. The van der Waals surface area contributed by atoms with Gasteiger partial charge in [-0.2, -0.15) is 0 Å². The van der Waals surface area contributed by atoms with Crippen LogP contribution in [0.2, 0.25) is 0 Å².